The van der Waals surface area contributed by atoms with Gasteiger partial charge in [-0.1, -0.05) is 18.2 Å². The molecule has 27 heavy (non-hydrogen) atoms. The third-order valence-corrected chi connectivity index (χ3v) is 5.95. The predicted octanol–water partition coefficient (Wildman–Crippen LogP) is 3.24. The normalized spacial score (nSPS) is 11.1. The fraction of sp³-hybridized carbons (Fsp3) is 0.211. The van der Waals surface area contributed by atoms with E-state index in [-0.39, 0.29) is 24.6 Å². The van der Waals surface area contributed by atoms with E-state index in [1.807, 2.05) is 46.0 Å². The lowest BCUT2D eigenvalue weighted by Gasteiger charge is -2.21. The number of carbonyl (C=O) groups is 1. The minimum atomic E-state index is -0.221. The van der Waals surface area contributed by atoms with E-state index < -0.39 is 0 Å². The summed E-state index contributed by atoms with van der Waals surface area (Å²) in [6, 6.07) is 13.4. The Labute approximate surface area is 163 Å². The number of hydrogen-bond donors (Lipinski definition) is 0. The Hall–Kier alpha value is -2.71. The molecule has 1 amide bonds. The van der Waals surface area contributed by atoms with Crippen LogP contribution < -0.4 is 5.69 Å². The van der Waals surface area contributed by atoms with E-state index in [1.54, 1.807) is 41.0 Å². The first-order valence-electron chi connectivity index (χ1n) is 8.57. The highest BCUT2D eigenvalue weighted by Crippen LogP contribution is 2.18. The minimum Gasteiger partial charge on any atom is -0.332 e. The molecule has 0 saturated heterocycles. The molecule has 0 aliphatic heterocycles. The van der Waals surface area contributed by atoms with Crippen LogP contribution in [0.4, 0.5) is 0 Å². The molecule has 8 heteroatoms. The first-order valence-corrected chi connectivity index (χ1v) is 10.3. The van der Waals surface area contributed by atoms with Gasteiger partial charge in [0.2, 0.25) is 5.91 Å². The molecule has 138 valence electrons. The number of amides is 1. The van der Waals surface area contributed by atoms with E-state index in [9.17, 15) is 9.59 Å². The van der Waals surface area contributed by atoms with Gasteiger partial charge in [0.25, 0.3) is 0 Å². The smallest absolute Gasteiger partial charge is 0.332 e. The van der Waals surface area contributed by atoms with E-state index in [2.05, 4.69) is 5.10 Å². The van der Waals surface area contributed by atoms with Crippen LogP contribution in [0.15, 0.2) is 64.2 Å². The van der Waals surface area contributed by atoms with Crippen molar-refractivity contribution >= 4 is 34.2 Å². The number of nitrogens with zero attached hydrogens (tertiary/aromatic N) is 4. The van der Waals surface area contributed by atoms with Gasteiger partial charge in [0, 0.05) is 22.4 Å². The third-order valence-electron chi connectivity index (χ3n) is 4.23. The number of thiophene rings is 2. The Kier molecular flexibility index (Phi) is 5.17. The van der Waals surface area contributed by atoms with Gasteiger partial charge in [-0.25, -0.2) is 9.48 Å². The van der Waals surface area contributed by atoms with Crippen LogP contribution in [0.1, 0.15) is 16.2 Å². The minimum absolute atomic E-state index is 0.0146. The summed E-state index contributed by atoms with van der Waals surface area (Å²) in [6.45, 7) is 1.42. The molecular formula is C19H18N4O2S2. The SMILES string of the molecule is O=C(CCn1nc2ccccn2c1=O)N(Cc1cccs1)Cc1cccs1. The van der Waals surface area contributed by atoms with Gasteiger partial charge in [0.1, 0.15) is 0 Å². The summed E-state index contributed by atoms with van der Waals surface area (Å²) in [7, 11) is 0. The van der Waals surface area contributed by atoms with Gasteiger partial charge >= 0.3 is 5.69 Å². The number of aromatic nitrogens is 3. The zero-order valence-electron chi connectivity index (χ0n) is 14.5. The number of carbonyl (C=O) groups excluding carboxylic acids is 1. The number of hydrogen-bond acceptors (Lipinski definition) is 5. The molecule has 0 aromatic carbocycles. The standard InChI is InChI=1S/C19H18N4O2S2/c24-18(8-10-23-19(25)22-9-2-1-7-17(22)20-23)21(13-15-5-3-11-26-15)14-16-6-4-12-27-16/h1-7,9,11-12H,8,10,13-14H2. The maximum Gasteiger partial charge on any atom is 0.350 e. The second kappa shape index (κ2) is 7.89. The molecule has 0 aliphatic carbocycles. The molecule has 4 heterocycles. The van der Waals surface area contributed by atoms with Gasteiger partial charge in [-0.15, -0.1) is 27.8 Å². The Balaban J connectivity index is 1.48. The van der Waals surface area contributed by atoms with Gasteiger partial charge in [-0.05, 0) is 35.0 Å². The third kappa shape index (κ3) is 4.01. The monoisotopic (exact) mass is 398 g/mol. The van der Waals surface area contributed by atoms with Gasteiger partial charge in [0.05, 0.1) is 19.6 Å². The fourth-order valence-electron chi connectivity index (χ4n) is 2.89. The first kappa shape index (κ1) is 17.7. The molecule has 0 saturated carbocycles. The molecule has 0 fully saturated rings. The number of pyridine rings is 1. The van der Waals surface area contributed by atoms with Crippen molar-refractivity contribution in [2.24, 2.45) is 0 Å². The fourth-order valence-corrected chi connectivity index (χ4v) is 4.33. The summed E-state index contributed by atoms with van der Waals surface area (Å²) in [4.78, 5) is 29.4. The molecule has 6 nitrogen and oxygen atoms in total. The summed E-state index contributed by atoms with van der Waals surface area (Å²) in [5.41, 5.74) is 0.366. The van der Waals surface area contributed by atoms with Crippen LogP contribution in [-0.4, -0.2) is 25.0 Å². The van der Waals surface area contributed by atoms with Crippen LogP contribution in [0.2, 0.25) is 0 Å². The van der Waals surface area contributed by atoms with Gasteiger partial charge < -0.3 is 4.90 Å². The summed E-state index contributed by atoms with van der Waals surface area (Å²) in [5.74, 6) is 0.0146. The van der Waals surface area contributed by atoms with Crippen LogP contribution in [-0.2, 0) is 24.4 Å². The molecule has 0 atom stereocenters. The molecule has 0 bridgehead atoms. The lowest BCUT2D eigenvalue weighted by atomic mass is 10.3. The van der Waals surface area contributed by atoms with Crippen molar-refractivity contribution < 1.29 is 4.79 Å². The first-order chi connectivity index (χ1) is 13.2. The van der Waals surface area contributed by atoms with E-state index in [1.165, 1.54) is 9.08 Å². The van der Waals surface area contributed by atoms with Crippen LogP contribution in [0.25, 0.3) is 5.65 Å². The summed E-state index contributed by atoms with van der Waals surface area (Å²) in [5, 5.41) is 8.32. The van der Waals surface area contributed by atoms with Crippen LogP contribution >= 0.6 is 22.7 Å². The zero-order chi connectivity index (χ0) is 18.6. The zero-order valence-corrected chi connectivity index (χ0v) is 16.2. The Morgan fingerprint density at radius 3 is 2.30 bits per heavy atom. The van der Waals surface area contributed by atoms with Crippen molar-refractivity contribution in [1.82, 2.24) is 19.1 Å². The molecule has 0 spiro atoms. The average molecular weight is 399 g/mol. The summed E-state index contributed by atoms with van der Waals surface area (Å²) < 4.78 is 2.85. The summed E-state index contributed by atoms with van der Waals surface area (Å²) >= 11 is 3.28. The number of aryl methyl sites for hydroxylation is 1. The number of rotatable bonds is 7. The molecule has 0 N–H and O–H groups in total. The van der Waals surface area contributed by atoms with Crippen molar-refractivity contribution in [2.75, 3.05) is 0 Å². The highest BCUT2D eigenvalue weighted by molar-refractivity contribution is 7.10. The lowest BCUT2D eigenvalue weighted by molar-refractivity contribution is -0.132. The van der Waals surface area contributed by atoms with Crippen LogP contribution in [0.5, 0.6) is 0 Å². The van der Waals surface area contributed by atoms with Crippen LogP contribution in [0, 0.1) is 0 Å². The number of fused-ring (bicyclic) bond motifs is 1. The molecule has 0 radical (unpaired) electrons. The topological polar surface area (TPSA) is 59.6 Å². The largest absolute Gasteiger partial charge is 0.350 e. The van der Waals surface area contributed by atoms with Gasteiger partial charge in [-0.2, -0.15) is 0 Å². The highest BCUT2D eigenvalue weighted by Gasteiger charge is 2.17. The van der Waals surface area contributed by atoms with E-state index in [4.69, 9.17) is 0 Å². The molecule has 0 aliphatic rings. The van der Waals surface area contributed by atoms with Gasteiger partial charge in [-0.3, -0.25) is 9.20 Å². The van der Waals surface area contributed by atoms with E-state index in [0.717, 1.165) is 9.75 Å². The molecule has 4 rings (SSSR count). The summed E-state index contributed by atoms with van der Waals surface area (Å²) in [6.07, 6.45) is 1.92. The maximum atomic E-state index is 12.9. The molecule has 4 aromatic heterocycles. The van der Waals surface area contributed by atoms with Crippen molar-refractivity contribution in [3.8, 4) is 0 Å². The second-order valence-corrected chi connectivity index (χ2v) is 8.16. The van der Waals surface area contributed by atoms with E-state index >= 15 is 0 Å². The predicted molar refractivity (Wildman–Crippen MR) is 107 cm³/mol. The van der Waals surface area contributed by atoms with Crippen molar-refractivity contribution in [1.29, 1.82) is 0 Å². The van der Waals surface area contributed by atoms with E-state index in [0.29, 0.717) is 18.7 Å². The Bertz CT molecular complexity index is 1040. The van der Waals surface area contributed by atoms with Crippen molar-refractivity contribution in [2.45, 2.75) is 26.1 Å². The molecular weight excluding hydrogens is 380 g/mol. The highest BCUT2D eigenvalue weighted by atomic mass is 32.1. The Morgan fingerprint density at radius 2 is 1.70 bits per heavy atom. The maximum absolute atomic E-state index is 12.9. The molecule has 0 unspecified atom stereocenters. The lowest BCUT2D eigenvalue weighted by Crippen LogP contribution is -2.31. The molecule has 4 aromatic rings. The second-order valence-electron chi connectivity index (χ2n) is 6.09. The quantitative estimate of drug-likeness (QED) is 0.480. The Morgan fingerprint density at radius 1 is 1.00 bits per heavy atom. The van der Waals surface area contributed by atoms with Crippen molar-refractivity contribution in [3.05, 3.63) is 79.7 Å². The van der Waals surface area contributed by atoms with Crippen LogP contribution in [0.3, 0.4) is 0 Å². The van der Waals surface area contributed by atoms with Crippen molar-refractivity contribution in [3.63, 3.8) is 0 Å². The van der Waals surface area contributed by atoms with Gasteiger partial charge in [0.15, 0.2) is 5.65 Å². The average Bonchev–Trinajstić information content (AvgIpc) is 3.42.